The lowest BCUT2D eigenvalue weighted by molar-refractivity contribution is 0.414. The fraction of sp³-hybridized carbons (Fsp3) is 0.133. The fourth-order valence-electron chi connectivity index (χ4n) is 2.10. The Balaban J connectivity index is 1.94. The monoisotopic (exact) mass is 272 g/mol. The van der Waals surface area contributed by atoms with Gasteiger partial charge in [-0.3, -0.25) is 0 Å². The Morgan fingerprint density at radius 2 is 2.00 bits per heavy atom. The van der Waals surface area contributed by atoms with Gasteiger partial charge in [0, 0.05) is 12.6 Å². The van der Waals surface area contributed by atoms with Crippen molar-refractivity contribution in [2.75, 3.05) is 7.11 Å². The molecule has 0 bridgehead atoms. The number of methoxy groups -OCH3 is 1. The van der Waals surface area contributed by atoms with Gasteiger partial charge in [0.05, 0.1) is 23.8 Å². The third kappa shape index (κ3) is 2.29. The lowest BCUT2D eigenvalue weighted by atomic mass is 10.1. The molecule has 0 aliphatic carbocycles. The molecule has 3 aromatic rings. The smallest absolute Gasteiger partial charge is 0.118 e. The standard InChI is InChI=1S/C15H13ClN2O/c1-19-12-6-4-11(5-7-12)9-15-17-10-14-13(16)3-2-8-18(14)15/h2-8,10H,9H2,1H3. The first kappa shape index (κ1) is 12.1. The molecule has 3 nitrogen and oxygen atoms in total. The summed E-state index contributed by atoms with van der Waals surface area (Å²) < 4.78 is 7.17. The van der Waals surface area contributed by atoms with Crippen LogP contribution in [0.2, 0.25) is 5.02 Å². The van der Waals surface area contributed by atoms with Gasteiger partial charge in [0.1, 0.15) is 11.6 Å². The van der Waals surface area contributed by atoms with Crippen molar-refractivity contribution in [3.63, 3.8) is 0 Å². The summed E-state index contributed by atoms with van der Waals surface area (Å²) in [5.41, 5.74) is 2.13. The molecule has 2 aromatic heterocycles. The van der Waals surface area contributed by atoms with E-state index in [4.69, 9.17) is 16.3 Å². The predicted octanol–water partition coefficient (Wildman–Crippen LogP) is 3.59. The zero-order valence-electron chi connectivity index (χ0n) is 10.5. The molecule has 0 fully saturated rings. The number of imidazole rings is 1. The number of aromatic nitrogens is 2. The highest BCUT2D eigenvalue weighted by Crippen LogP contribution is 2.20. The van der Waals surface area contributed by atoms with E-state index in [9.17, 15) is 0 Å². The van der Waals surface area contributed by atoms with E-state index in [2.05, 4.69) is 4.98 Å². The minimum Gasteiger partial charge on any atom is -0.497 e. The second-order valence-electron chi connectivity index (χ2n) is 4.31. The van der Waals surface area contributed by atoms with E-state index in [0.717, 1.165) is 28.5 Å². The Bertz CT molecular complexity index is 704. The van der Waals surface area contributed by atoms with Crippen molar-refractivity contribution in [1.29, 1.82) is 0 Å². The largest absolute Gasteiger partial charge is 0.497 e. The minimum atomic E-state index is 0.719. The Kier molecular flexibility index (Phi) is 3.13. The zero-order valence-corrected chi connectivity index (χ0v) is 11.3. The second kappa shape index (κ2) is 4.94. The normalized spacial score (nSPS) is 10.8. The maximum Gasteiger partial charge on any atom is 0.118 e. The van der Waals surface area contributed by atoms with Crippen LogP contribution in [0.3, 0.4) is 0 Å². The van der Waals surface area contributed by atoms with E-state index in [1.165, 1.54) is 5.56 Å². The number of nitrogens with zero attached hydrogens (tertiary/aromatic N) is 2. The van der Waals surface area contributed by atoms with Crippen molar-refractivity contribution in [2.24, 2.45) is 0 Å². The number of hydrogen-bond donors (Lipinski definition) is 0. The van der Waals surface area contributed by atoms with Gasteiger partial charge in [0.15, 0.2) is 0 Å². The first-order valence-corrected chi connectivity index (χ1v) is 6.39. The summed E-state index contributed by atoms with van der Waals surface area (Å²) in [6, 6.07) is 11.8. The average Bonchev–Trinajstić information content (AvgIpc) is 2.84. The van der Waals surface area contributed by atoms with Crippen LogP contribution in [-0.4, -0.2) is 16.5 Å². The topological polar surface area (TPSA) is 26.5 Å². The quantitative estimate of drug-likeness (QED) is 0.728. The molecule has 0 atom stereocenters. The van der Waals surface area contributed by atoms with Crippen molar-refractivity contribution in [3.05, 3.63) is 65.2 Å². The summed E-state index contributed by atoms with van der Waals surface area (Å²) in [6.45, 7) is 0. The van der Waals surface area contributed by atoms with Crippen LogP contribution in [0, 0.1) is 0 Å². The van der Waals surface area contributed by atoms with Gasteiger partial charge in [-0.2, -0.15) is 0 Å². The maximum atomic E-state index is 6.14. The number of fused-ring (bicyclic) bond motifs is 1. The molecule has 19 heavy (non-hydrogen) atoms. The van der Waals surface area contributed by atoms with Crippen LogP contribution in [0.1, 0.15) is 11.4 Å². The first-order valence-electron chi connectivity index (χ1n) is 6.01. The molecular weight excluding hydrogens is 260 g/mol. The van der Waals surface area contributed by atoms with Crippen LogP contribution in [0.15, 0.2) is 48.8 Å². The first-order chi connectivity index (χ1) is 9.28. The molecule has 96 valence electrons. The van der Waals surface area contributed by atoms with Gasteiger partial charge in [-0.15, -0.1) is 0 Å². The summed E-state index contributed by atoms with van der Waals surface area (Å²) in [7, 11) is 1.67. The summed E-state index contributed by atoms with van der Waals surface area (Å²) in [6.07, 6.45) is 4.55. The molecule has 0 unspecified atom stereocenters. The predicted molar refractivity (Wildman–Crippen MR) is 76.0 cm³/mol. The van der Waals surface area contributed by atoms with Crippen molar-refractivity contribution in [3.8, 4) is 5.75 Å². The van der Waals surface area contributed by atoms with E-state index in [-0.39, 0.29) is 0 Å². The molecule has 0 saturated heterocycles. The van der Waals surface area contributed by atoms with Crippen LogP contribution in [0.5, 0.6) is 5.75 Å². The van der Waals surface area contributed by atoms with Crippen molar-refractivity contribution in [1.82, 2.24) is 9.38 Å². The van der Waals surface area contributed by atoms with Crippen LogP contribution < -0.4 is 4.74 Å². The third-order valence-electron chi connectivity index (χ3n) is 3.12. The Morgan fingerprint density at radius 1 is 1.21 bits per heavy atom. The number of hydrogen-bond acceptors (Lipinski definition) is 2. The SMILES string of the molecule is COc1ccc(Cc2ncc3c(Cl)cccn23)cc1. The van der Waals surface area contributed by atoms with Gasteiger partial charge in [-0.1, -0.05) is 23.7 Å². The van der Waals surface area contributed by atoms with Gasteiger partial charge in [-0.25, -0.2) is 4.98 Å². The molecule has 1 aromatic carbocycles. The van der Waals surface area contributed by atoms with Gasteiger partial charge in [-0.05, 0) is 29.8 Å². The zero-order chi connectivity index (χ0) is 13.2. The van der Waals surface area contributed by atoms with Gasteiger partial charge in [0.25, 0.3) is 0 Å². The summed E-state index contributed by atoms with van der Waals surface area (Å²) >= 11 is 6.14. The number of pyridine rings is 1. The average molecular weight is 273 g/mol. The second-order valence-corrected chi connectivity index (χ2v) is 4.72. The van der Waals surface area contributed by atoms with Crippen LogP contribution in [0.4, 0.5) is 0 Å². The van der Waals surface area contributed by atoms with Crippen molar-refractivity contribution < 1.29 is 4.74 Å². The molecule has 0 N–H and O–H groups in total. The lowest BCUT2D eigenvalue weighted by Gasteiger charge is -2.04. The molecule has 0 saturated carbocycles. The molecule has 0 spiro atoms. The van der Waals surface area contributed by atoms with E-state index in [1.807, 2.05) is 47.0 Å². The maximum absolute atomic E-state index is 6.14. The van der Waals surface area contributed by atoms with Crippen LogP contribution in [0.25, 0.3) is 5.52 Å². The van der Waals surface area contributed by atoms with E-state index in [0.29, 0.717) is 0 Å². The minimum absolute atomic E-state index is 0.719. The van der Waals surface area contributed by atoms with Gasteiger partial charge < -0.3 is 9.14 Å². The Labute approximate surface area is 116 Å². The number of ether oxygens (including phenoxy) is 1. The summed E-state index contributed by atoms with van der Waals surface area (Å²) in [5, 5.41) is 0.719. The Hall–Kier alpha value is -2.00. The molecule has 3 rings (SSSR count). The molecule has 0 aliphatic rings. The highest BCUT2D eigenvalue weighted by Gasteiger charge is 2.06. The summed E-state index contributed by atoms with van der Waals surface area (Å²) in [5.74, 6) is 1.84. The lowest BCUT2D eigenvalue weighted by Crippen LogP contribution is -1.96. The Morgan fingerprint density at radius 3 is 2.74 bits per heavy atom. The van der Waals surface area contributed by atoms with E-state index < -0.39 is 0 Å². The van der Waals surface area contributed by atoms with Crippen molar-refractivity contribution >= 4 is 17.1 Å². The number of benzene rings is 1. The number of rotatable bonds is 3. The van der Waals surface area contributed by atoms with E-state index in [1.54, 1.807) is 13.3 Å². The van der Waals surface area contributed by atoms with Crippen LogP contribution in [-0.2, 0) is 6.42 Å². The fourth-order valence-corrected chi connectivity index (χ4v) is 2.31. The van der Waals surface area contributed by atoms with E-state index >= 15 is 0 Å². The molecule has 4 heteroatoms. The molecule has 0 amide bonds. The summed E-state index contributed by atoms with van der Waals surface area (Å²) in [4.78, 5) is 4.44. The van der Waals surface area contributed by atoms with Gasteiger partial charge >= 0.3 is 0 Å². The molecule has 0 radical (unpaired) electrons. The van der Waals surface area contributed by atoms with Crippen LogP contribution >= 0.6 is 11.6 Å². The molecular formula is C15H13ClN2O. The van der Waals surface area contributed by atoms with Crippen molar-refractivity contribution in [2.45, 2.75) is 6.42 Å². The third-order valence-corrected chi connectivity index (χ3v) is 3.44. The molecule has 0 aliphatic heterocycles. The highest BCUT2D eigenvalue weighted by molar-refractivity contribution is 6.33. The van der Waals surface area contributed by atoms with Gasteiger partial charge in [0.2, 0.25) is 0 Å². The highest BCUT2D eigenvalue weighted by atomic mass is 35.5. The molecule has 2 heterocycles. The number of halogens is 1.